The highest BCUT2D eigenvalue weighted by Crippen LogP contribution is 2.39. The monoisotopic (exact) mass is 446 g/mol. The summed E-state index contributed by atoms with van der Waals surface area (Å²) in [5.41, 5.74) is 1.58. The predicted molar refractivity (Wildman–Crippen MR) is 118 cm³/mol. The van der Waals surface area contributed by atoms with Crippen LogP contribution >= 0.6 is 0 Å². The highest BCUT2D eigenvalue weighted by atomic mass is 16.5. The lowest BCUT2D eigenvalue weighted by atomic mass is 10.00. The molecule has 3 aromatic heterocycles. The van der Waals surface area contributed by atoms with Gasteiger partial charge in [0.2, 0.25) is 0 Å². The van der Waals surface area contributed by atoms with Crippen LogP contribution in [0.15, 0.2) is 43.4 Å². The molecule has 168 valence electrons. The first kappa shape index (κ1) is 20.9. The minimum absolute atomic E-state index is 0.109. The van der Waals surface area contributed by atoms with Gasteiger partial charge in [0.25, 0.3) is 11.8 Å². The second-order valence-electron chi connectivity index (χ2n) is 8.40. The van der Waals surface area contributed by atoms with Crippen LogP contribution in [-0.4, -0.2) is 55.5 Å². The molecular formula is C22H22N8O3. The molecule has 2 amide bonds. The van der Waals surface area contributed by atoms with Crippen LogP contribution in [0.4, 0.5) is 17.2 Å². The van der Waals surface area contributed by atoms with E-state index in [0.29, 0.717) is 30.4 Å². The second-order valence-corrected chi connectivity index (χ2v) is 8.40. The molecule has 0 radical (unpaired) electrons. The molecule has 4 heterocycles. The lowest BCUT2D eigenvalue weighted by molar-refractivity contribution is -0.0593. The Morgan fingerprint density at radius 1 is 1.06 bits per heavy atom. The summed E-state index contributed by atoms with van der Waals surface area (Å²) in [4.78, 5) is 47.1. The molecule has 0 aromatic carbocycles. The molecule has 3 N–H and O–H groups in total. The van der Waals surface area contributed by atoms with E-state index in [1.807, 2.05) is 6.92 Å². The van der Waals surface area contributed by atoms with E-state index in [9.17, 15) is 9.59 Å². The van der Waals surface area contributed by atoms with Crippen molar-refractivity contribution < 1.29 is 14.3 Å². The summed E-state index contributed by atoms with van der Waals surface area (Å²) in [6.07, 6.45) is 11.2. The van der Waals surface area contributed by atoms with E-state index in [2.05, 4.69) is 40.9 Å². The standard InChI is InChI=1S/C22H22N8O3/c1-22(10-33-11-22)30-20(31)15-4-5-23-8-17(15)29-21(32)18-19(27-14-6-24-12-25-7-14)26-9-16(28-18)13-2-3-13/h4-9,12-13H,2-3,10-11H2,1H3,(H,26,27)(H,29,32)(H,30,31). The number of hydrogen-bond donors (Lipinski definition) is 3. The lowest BCUT2D eigenvalue weighted by Crippen LogP contribution is -2.59. The van der Waals surface area contributed by atoms with Gasteiger partial charge in [-0.25, -0.2) is 19.9 Å². The number of ether oxygens (including phenoxy) is 1. The molecule has 1 aliphatic heterocycles. The number of nitrogens with one attached hydrogen (secondary N) is 3. The number of nitrogens with zero attached hydrogens (tertiary/aromatic N) is 5. The fourth-order valence-corrected chi connectivity index (χ4v) is 3.42. The molecule has 3 aromatic rings. The van der Waals surface area contributed by atoms with Crippen molar-refractivity contribution >= 4 is 29.0 Å². The van der Waals surface area contributed by atoms with E-state index in [4.69, 9.17) is 4.74 Å². The van der Waals surface area contributed by atoms with E-state index in [-0.39, 0.29) is 23.1 Å². The van der Waals surface area contributed by atoms with Gasteiger partial charge in [0.15, 0.2) is 11.5 Å². The van der Waals surface area contributed by atoms with E-state index >= 15 is 0 Å². The fraction of sp³-hybridized carbons (Fsp3) is 0.318. The smallest absolute Gasteiger partial charge is 0.278 e. The SMILES string of the molecule is CC1(NC(=O)c2ccncc2NC(=O)c2nc(C3CC3)cnc2Nc2cncnc2)COC1. The first-order valence-electron chi connectivity index (χ1n) is 10.6. The Morgan fingerprint density at radius 3 is 2.55 bits per heavy atom. The molecule has 33 heavy (non-hydrogen) atoms. The Hall–Kier alpha value is -3.99. The third-order valence-corrected chi connectivity index (χ3v) is 5.40. The zero-order valence-electron chi connectivity index (χ0n) is 17.9. The number of rotatable bonds is 7. The van der Waals surface area contributed by atoms with Crippen LogP contribution in [0.3, 0.4) is 0 Å². The molecule has 0 atom stereocenters. The van der Waals surface area contributed by atoms with Crippen LogP contribution in [0.5, 0.6) is 0 Å². The van der Waals surface area contributed by atoms with Crippen LogP contribution < -0.4 is 16.0 Å². The van der Waals surface area contributed by atoms with Gasteiger partial charge in [0, 0.05) is 12.1 Å². The number of carbonyl (C=O) groups excluding carboxylic acids is 2. The molecule has 1 saturated heterocycles. The van der Waals surface area contributed by atoms with Crippen molar-refractivity contribution in [3.05, 3.63) is 60.3 Å². The van der Waals surface area contributed by atoms with E-state index in [0.717, 1.165) is 18.5 Å². The zero-order valence-corrected chi connectivity index (χ0v) is 17.9. The lowest BCUT2D eigenvalue weighted by Gasteiger charge is -2.38. The summed E-state index contributed by atoms with van der Waals surface area (Å²) in [7, 11) is 0. The number of amides is 2. The Balaban J connectivity index is 1.41. The maximum atomic E-state index is 13.3. The molecule has 1 aliphatic carbocycles. The minimum atomic E-state index is -0.510. The summed E-state index contributed by atoms with van der Waals surface area (Å²) in [5, 5.41) is 8.76. The van der Waals surface area contributed by atoms with Gasteiger partial charge in [-0.2, -0.15) is 0 Å². The van der Waals surface area contributed by atoms with E-state index in [1.165, 1.54) is 18.7 Å². The molecule has 0 spiro atoms. The maximum absolute atomic E-state index is 13.3. The zero-order chi connectivity index (χ0) is 22.8. The van der Waals surface area contributed by atoms with Crippen LogP contribution in [-0.2, 0) is 4.74 Å². The summed E-state index contributed by atoms with van der Waals surface area (Å²) < 4.78 is 5.20. The molecule has 1 saturated carbocycles. The Morgan fingerprint density at radius 2 is 1.85 bits per heavy atom. The van der Waals surface area contributed by atoms with Crippen LogP contribution in [0.2, 0.25) is 0 Å². The maximum Gasteiger partial charge on any atom is 0.278 e. The quantitative estimate of drug-likeness (QED) is 0.496. The second kappa shape index (κ2) is 8.51. The summed E-state index contributed by atoms with van der Waals surface area (Å²) >= 11 is 0. The molecular weight excluding hydrogens is 424 g/mol. The average molecular weight is 446 g/mol. The van der Waals surface area contributed by atoms with E-state index < -0.39 is 11.4 Å². The van der Waals surface area contributed by atoms with Crippen LogP contribution in [0.25, 0.3) is 0 Å². The van der Waals surface area contributed by atoms with Crippen molar-refractivity contribution in [2.45, 2.75) is 31.2 Å². The normalized spacial score (nSPS) is 16.4. The minimum Gasteiger partial charge on any atom is -0.376 e. The van der Waals surface area contributed by atoms with Gasteiger partial charge in [0.05, 0.1) is 66.2 Å². The van der Waals surface area contributed by atoms with Gasteiger partial charge in [-0.15, -0.1) is 0 Å². The number of anilines is 3. The molecule has 0 unspecified atom stereocenters. The van der Waals surface area contributed by atoms with Gasteiger partial charge >= 0.3 is 0 Å². The Kier molecular flexibility index (Phi) is 5.38. The largest absolute Gasteiger partial charge is 0.376 e. The molecule has 2 fully saturated rings. The van der Waals surface area contributed by atoms with Crippen molar-refractivity contribution in [3.63, 3.8) is 0 Å². The van der Waals surface area contributed by atoms with Gasteiger partial charge in [-0.1, -0.05) is 0 Å². The fourth-order valence-electron chi connectivity index (χ4n) is 3.42. The topological polar surface area (TPSA) is 144 Å². The molecule has 0 bridgehead atoms. The van der Waals surface area contributed by atoms with Crippen molar-refractivity contribution in [2.75, 3.05) is 23.8 Å². The molecule has 2 aliphatic rings. The Labute approximate surface area is 189 Å². The number of pyridine rings is 1. The third kappa shape index (κ3) is 4.62. The van der Waals surface area contributed by atoms with Crippen LogP contribution in [0, 0.1) is 0 Å². The van der Waals surface area contributed by atoms with Crippen molar-refractivity contribution in [3.8, 4) is 0 Å². The van der Waals surface area contributed by atoms with Gasteiger partial charge < -0.3 is 20.7 Å². The van der Waals surface area contributed by atoms with Crippen molar-refractivity contribution in [2.24, 2.45) is 0 Å². The summed E-state index contributed by atoms with van der Waals surface area (Å²) in [6, 6.07) is 1.56. The third-order valence-electron chi connectivity index (χ3n) is 5.40. The van der Waals surface area contributed by atoms with Crippen LogP contribution in [0.1, 0.15) is 52.2 Å². The predicted octanol–water partition coefficient (Wildman–Crippen LogP) is 2.05. The van der Waals surface area contributed by atoms with Crippen molar-refractivity contribution in [1.82, 2.24) is 30.2 Å². The molecule has 11 nitrogen and oxygen atoms in total. The first-order valence-corrected chi connectivity index (χ1v) is 10.6. The number of hydrogen-bond acceptors (Lipinski definition) is 9. The highest BCUT2D eigenvalue weighted by molar-refractivity contribution is 6.10. The van der Waals surface area contributed by atoms with Gasteiger partial charge in [-0.05, 0) is 25.8 Å². The van der Waals surface area contributed by atoms with Gasteiger partial charge in [0.1, 0.15) is 6.33 Å². The first-order chi connectivity index (χ1) is 16.0. The highest BCUT2D eigenvalue weighted by Gasteiger charge is 2.35. The van der Waals surface area contributed by atoms with Gasteiger partial charge in [-0.3, -0.25) is 14.6 Å². The summed E-state index contributed by atoms with van der Waals surface area (Å²) in [5.74, 6) is -0.260. The average Bonchev–Trinajstić information content (AvgIpc) is 3.65. The summed E-state index contributed by atoms with van der Waals surface area (Å²) in [6.45, 7) is 2.78. The van der Waals surface area contributed by atoms with Crippen molar-refractivity contribution in [1.29, 1.82) is 0 Å². The number of carbonyl (C=O) groups is 2. The molecule has 5 rings (SSSR count). The Bertz CT molecular complexity index is 1200. The van der Waals surface area contributed by atoms with E-state index in [1.54, 1.807) is 24.7 Å². The number of aromatic nitrogens is 5. The molecule has 11 heteroatoms.